The van der Waals surface area contributed by atoms with Crippen molar-refractivity contribution in [1.29, 1.82) is 0 Å². The number of aromatic amines is 1. The van der Waals surface area contributed by atoms with Gasteiger partial charge in [0.25, 0.3) is 5.91 Å². The third kappa shape index (κ3) is 4.31. The number of carbonyl (C=O) groups is 1. The van der Waals surface area contributed by atoms with E-state index in [4.69, 9.17) is 16.3 Å². The van der Waals surface area contributed by atoms with Crippen LogP contribution in [-0.2, 0) is 4.74 Å². The normalized spacial score (nSPS) is 12.4. The molecule has 0 aliphatic carbocycles. The standard InChI is InChI=1S/C9H14ClN3O2/c1-15-6-8(10)2-3-11-9(14)7-4-12-13-5-7/h4-5,8H,2-3,6H2,1H3,(H,11,14)(H,12,13). The van der Waals surface area contributed by atoms with Gasteiger partial charge in [0.2, 0.25) is 0 Å². The molecule has 1 amide bonds. The second-order valence-corrected chi connectivity index (χ2v) is 3.70. The number of aromatic nitrogens is 2. The van der Waals surface area contributed by atoms with Crippen LogP contribution in [0.2, 0.25) is 0 Å². The molecule has 1 aromatic heterocycles. The molecule has 2 N–H and O–H groups in total. The third-order valence-corrected chi connectivity index (χ3v) is 2.20. The first kappa shape index (κ1) is 12.0. The monoisotopic (exact) mass is 231 g/mol. The molecule has 0 aromatic carbocycles. The van der Waals surface area contributed by atoms with Gasteiger partial charge in [0.15, 0.2) is 0 Å². The number of rotatable bonds is 6. The molecular formula is C9H14ClN3O2. The Bertz CT molecular complexity index is 290. The molecule has 0 spiro atoms. The van der Waals surface area contributed by atoms with Crippen LogP contribution in [0, 0.1) is 0 Å². The number of halogens is 1. The van der Waals surface area contributed by atoms with Crippen LogP contribution in [0.3, 0.4) is 0 Å². The Hall–Kier alpha value is -1.07. The first-order valence-corrected chi connectivity index (χ1v) is 5.07. The van der Waals surface area contributed by atoms with Crippen molar-refractivity contribution in [3.63, 3.8) is 0 Å². The average Bonchev–Trinajstić information content (AvgIpc) is 2.70. The molecule has 0 fully saturated rings. The summed E-state index contributed by atoms with van der Waals surface area (Å²) in [5, 5.41) is 8.92. The minimum atomic E-state index is -0.148. The maximum absolute atomic E-state index is 11.4. The summed E-state index contributed by atoms with van der Waals surface area (Å²) in [5.41, 5.74) is 0.521. The molecule has 1 aromatic rings. The van der Waals surface area contributed by atoms with Gasteiger partial charge in [0.05, 0.1) is 23.7 Å². The molecule has 1 atom stereocenters. The second kappa shape index (κ2) is 6.42. The number of H-pyrrole nitrogens is 1. The molecule has 0 saturated heterocycles. The largest absolute Gasteiger partial charge is 0.383 e. The second-order valence-electron chi connectivity index (χ2n) is 3.08. The highest BCUT2D eigenvalue weighted by Gasteiger charge is 2.07. The molecule has 1 rings (SSSR count). The fourth-order valence-corrected chi connectivity index (χ4v) is 1.32. The molecule has 1 unspecified atom stereocenters. The lowest BCUT2D eigenvalue weighted by molar-refractivity contribution is 0.0952. The van der Waals surface area contributed by atoms with Crippen LogP contribution in [0.5, 0.6) is 0 Å². The molecule has 0 bridgehead atoms. The Balaban J connectivity index is 2.18. The van der Waals surface area contributed by atoms with E-state index in [1.807, 2.05) is 0 Å². The van der Waals surface area contributed by atoms with E-state index in [2.05, 4.69) is 15.5 Å². The average molecular weight is 232 g/mol. The molecule has 5 nitrogen and oxygen atoms in total. The molecule has 84 valence electrons. The van der Waals surface area contributed by atoms with Gasteiger partial charge in [0.1, 0.15) is 0 Å². The number of hydrogen-bond acceptors (Lipinski definition) is 3. The van der Waals surface area contributed by atoms with Crippen LogP contribution in [0.4, 0.5) is 0 Å². The van der Waals surface area contributed by atoms with Gasteiger partial charge in [-0.3, -0.25) is 9.89 Å². The molecule has 6 heteroatoms. The zero-order chi connectivity index (χ0) is 11.1. The molecule has 0 saturated carbocycles. The number of amides is 1. The number of nitrogens with zero attached hydrogens (tertiary/aromatic N) is 1. The van der Waals surface area contributed by atoms with Crippen LogP contribution in [0.15, 0.2) is 12.4 Å². The Morgan fingerprint density at radius 3 is 3.20 bits per heavy atom. The number of carbonyl (C=O) groups excluding carboxylic acids is 1. The number of alkyl halides is 1. The van der Waals surface area contributed by atoms with Gasteiger partial charge in [-0.2, -0.15) is 5.10 Å². The fraction of sp³-hybridized carbons (Fsp3) is 0.556. The molecule has 0 aliphatic rings. The van der Waals surface area contributed by atoms with E-state index in [0.29, 0.717) is 25.1 Å². The maximum Gasteiger partial charge on any atom is 0.254 e. The molecule has 0 radical (unpaired) electrons. The lowest BCUT2D eigenvalue weighted by Crippen LogP contribution is -2.26. The number of methoxy groups -OCH3 is 1. The van der Waals surface area contributed by atoms with E-state index < -0.39 is 0 Å². The summed E-state index contributed by atoms with van der Waals surface area (Å²) in [6.07, 6.45) is 3.70. The van der Waals surface area contributed by atoms with Crippen molar-refractivity contribution in [2.45, 2.75) is 11.8 Å². The van der Waals surface area contributed by atoms with Gasteiger partial charge in [-0.15, -0.1) is 11.6 Å². The van der Waals surface area contributed by atoms with Crippen LogP contribution in [-0.4, -0.2) is 41.7 Å². The van der Waals surface area contributed by atoms with Gasteiger partial charge < -0.3 is 10.1 Å². The summed E-state index contributed by atoms with van der Waals surface area (Å²) < 4.78 is 4.87. The van der Waals surface area contributed by atoms with Crippen molar-refractivity contribution in [2.75, 3.05) is 20.3 Å². The minimum absolute atomic E-state index is 0.0698. The topological polar surface area (TPSA) is 67.0 Å². The van der Waals surface area contributed by atoms with Gasteiger partial charge in [-0.05, 0) is 6.42 Å². The van der Waals surface area contributed by atoms with Crippen molar-refractivity contribution in [3.05, 3.63) is 18.0 Å². The zero-order valence-electron chi connectivity index (χ0n) is 8.50. The van der Waals surface area contributed by atoms with Crippen molar-refractivity contribution < 1.29 is 9.53 Å². The Kier molecular flexibility index (Phi) is 5.14. The van der Waals surface area contributed by atoms with Crippen LogP contribution >= 0.6 is 11.6 Å². The first-order valence-electron chi connectivity index (χ1n) is 4.64. The van der Waals surface area contributed by atoms with Gasteiger partial charge >= 0.3 is 0 Å². The van der Waals surface area contributed by atoms with Crippen LogP contribution < -0.4 is 5.32 Å². The number of ether oxygens (including phenoxy) is 1. The van der Waals surface area contributed by atoms with E-state index in [0.717, 1.165) is 0 Å². The predicted octanol–water partition coefficient (Wildman–Crippen LogP) is 0.783. The number of nitrogens with one attached hydrogen (secondary N) is 2. The highest BCUT2D eigenvalue weighted by atomic mass is 35.5. The summed E-state index contributed by atoms with van der Waals surface area (Å²) in [6, 6.07) is 0. The summed E-state index contributed by atoms with van der Waals surface area (Å²) in [7, 11) is 1.60. The molecule has 1 heterocycles. The van der Waals surface area contributed by atoms with E-state index in [1.54, 1.807) is 13.3 Å². The summed E-state index contributed by atoms with van der Waals surface area (Å²) >= 11 is 5.89. The lowest BCUT2D eigenvalue weighted by Gasteiger charge is -2.08. The Morgan fingerprint density at radius 2 is 2.60 bits per heavy atom. The van der Waals surface area contributed by atoms with Crippen molar-refractivity contribution in [1.82, 2.24) is 15.5 Å². The van der Waals surface area contributed by atoms with Crippen molar-refractivity contribution in [2.24, 2.45) is 0 Å². The molecule has 15 heavy (non-hydrogen) atoms. The predicted molar refractivity (Wildman–Crippen MR) is 57.1 cm³/mol. The molecule has 0 aliphatic heterocycles. The SMILES string of the molecule is COCC(Cl)CCNC(=O)c1cn[nH]c1. The van der Waals surface area contributed by atoms with Gasteiger partial charge in [-0.1, -0.05) is 0 Å². The maximum atomic E-state index is 11.4. The lowest BCUT2D eigenvalue weighted by atomic mass is 10.3. The van der Waals surface area contributed by atoms with Crippen molar-refractivity contribution in [3.8, 4) is 0 Å². The quantitative estimate of drug-likeness (QED) is 0.712. The van der Waals surface area contributed by atoms with Crippen LogP contribution in [0.25, 0.3) is 0 Å². The smallest absolute Gasteiger partial charge is 0.254 e. The van der Waals surface area contributed by atoms with Crippen LogP contribution in [0.1, 0.15) is 16.8 Å². The third-order valence-electron chi connectivity index (χ3n) is 1.85. The fourth-order valence-electron chi connectivity index (χ4n) is 1.08. The summed E-state index contributed by atoms with van der Waals surface area (Å²) in [6.45, 7) is 1.02. The highest BCUT2D eigenvalue weighted by molar-refractivity contribution is 6.20. The van der Waals surface area contributed by atoms with Gasteiger partial charge in [0, 0.05) is 19.9 Å². The zero-order valence-corrected chi connectivity index (χ0v) is 9.25. The van der Waals surface area contributed by atoms with E-state index >= 15 is 0 Å². The van der Waals surface area contributed by atoms with Gasteiger partial charge in [-0.25, -0.2) is 0 Å². The Labute approximate surface area is 93.1 Å². The highest BCUT2D eigenvalue weighted by Crippen LogP contribution is 2.01. The van der Waals surface area contributed by atoms with E-state index in [-0.39, 0.29) is 11.3 Å². The summed E-state index contributed by atoms with van der Waals surface area (Å²) in [5.74, 6) is -0.148. The summed E-state index contributed by atoms with van der Waals surface area (Å²) in [4.78, 5) is 11.4. The van der Waals surface area contributed by atoms with E-state index in [1.165, 1.54) is 6.20 Å². The Morgan fingerprint density at radius 1 is 1.80 bits per heavy atom. The first-order chi connectivity index (χ1) is 7.24. The minimum Gasteiger partial charge on any atom is -0.383 e. The molecular weight excluding hydrogens is 218 g/mol. The van der Waals surface area contributed by atoms with E-state index in [9.17, 15) is 4.79 Å². The van der Waals surface area contributed by atoms with Crippen molar-refractivity contribution >= 4 is 17.5 Å². The number of hydrogen-bond donors (Lipinski definition) is 2.